The van der Waals surface area contributed by atoms with E-state index in [1.165, 1.54) is 4.90 Å². The van der Waals surface area contributed by atoms with Crippen molar-refractivity contribution in [3.8, 4) is 11.5 Å². The van der Waals surface area contributed by atoms with Crippen LogP contribution in [-0.4, -0.2) is 29.5 Å². The van der Waals surface area contributed by atoms with Crippen molar-refractivity contribution in [2.75, 3.05) is 11.5 Å². The smallest absolute Gasteiger partial charge is 0.300 e. The Labute approximate surface area is 224 Å². The number of ketones is 1. The van der Waals surface area contributed by atoms with Crippen LogP contribution in [0.25, 0.3) is 5.76 Å². The third kappa shape index (κ3) is 5.30. The molecule has 0 aromatic heterocycles. The number of carbonyl (C=O) groups excluding carboxylic acids is 2. The van der Waals surface area contributed by atoms with Gasteiger partial charge in [0.25, 0.3) is 11.7 Å². The molecule has 1 unspecified atom stereocenters. The maximum Gasteiger partial charge on any atom is 0.300 e. The molecule has 198 valence electrons. The van der Waals surface area contributed by atoms with Crippen LogP contribution in [0.2, 0.25) is 0 Å². The summed E-state index contributed by atoms with van der Waals surface area (Å²) in [5.41, 5.74) is 2.32. The van der Waals surface area contributed by atoms with E-state index in [1.54, 1.807) is 24.3 Å². The molecule has 3 aromatic rings. The quantitative estimate of drug-likeness (QED) is 0.214. The Morgan fingerprint density at radius 1 is 0.974 bits per heavy atom. The number of para-hydroxylation sites is 1. The Hall–Kier alpha value is -4.06. The monoisotopic (exact) mass is 513 g/mol. The van der Waals surface area contributed by atoms with E-state index in [-0.39, 0.29) is 22.9 Å². The van der Waals surface area contributed by atoms with Crippen LogP contribution in [0.1, 0.15) is 64.3 Å². The number of nitrogens with zero attached hydrogens (tertiary/aromatic N) is 1. The number of rotatable bonds is 7. The second-order valence-electron chi connectivity index (χ2n) is 10.6. The Bertz CT molecular complexity index is 1370. The second-order valence-corrected chi connectivity index (χ2v) is 10.6. The van der Waals surface area contributed by atoms with Crippen LogP contribution >= 0.6 is 0 Å². The van der Waals surface area contributed by atoms with E-state index in [0.717, 1.165) is 11.3 Å². The first-order chi connectivity index (χ1) is 18.0. The molecule has 1 heterocycles. The molecule has 6 nitrogen and oxygen atoms in total. The van der Waals surface area contributed by atoms with Crippen LogP contribution in [0.4, 0.5) is 5.69 Å². The van der Waals surface area contributed by atoms with Crippen molar-refractivity contribution < 1.29 is 24.2 Å². The topological polar surface area (TPSA) is 76.1 Å². The molecule has 1 amide bonds. The maximum absolute atomic E-state index is 13.5. The van der Waals surface area contributed by atoms with E-state index in [0.29, 0.717) is 29.2 Å². The van der Waals surface area contributed by atoms with Crippen LogP contribution in [0, 0.1) is 0 Å². The van der Waals surface area contributed by atoms with Gasteiger partial charge in [-0.1, -0.05) is 51.1 Å². The highest BCUT2D eigenvalue weighted by Crippen LogP contribution is 2.43. The van der Waals surface area contributed by atoms with Gasteiger partial charge in [0, 0.05) is 16.8 Å². The molecule has 0 spiro atoms. The Morgan fingerprint density at radius 2 is 1.68 bits per heavy atom. The summed E-state index contributed by atoms with van der Waals surface area (Å²) >= 11 is 0. The van der Waals surface area contributed by atoms with Crippen LogP contribution in [0.5, 0.6) is 11.5 Å². The number of hydrogen-bond donors (Lipinski definition) is 1. The molecule has 4 rings (SSSR count). The lowest BCUT2D eigenvalue weighted by Gasteiger charge is -2.26. The molecule has 1 aliphatic rings. The molecule has 1 aliphatic heterocycles. The molecular formula is C32H35NO5. The number of benzene rings is 3. The number of amides is 1. The SMILES string of the molecule is CCOc1ccc(/C(O)=C2\C(=O)C(=O)N(c3ccccc3)C2c2cccc(OC(C)C)c2)cc1C(C)(C)C. The summed E-state index contributed by atoms with van der Waals surface area (Å²) in [5.74, 6) is -0.322. The van der Waals surface area contributed by atoms with Crippen LogP contribution < -0.4 is 14.4 Å². The van der Waals surface area contributed by atoms with Gasteiger partial charge in [0.1, 0.15) is 17.3 Å². The summed E-state index contributed by atoms with van der Waals surface area (Å²) < 4.78 is 11.7. The highest BCUT2D eigenvalue weighted by Gasteiger charge is 2.47. The van der Waals surface area contributed by atoms with Crippen LogP contribution in [0.3, 0.4) is 0 Å². The summed E-state index contributed by atoms with van der Waals surface area (Å²) in [5, 5.41) is 11.6. The number of ether oxygens (including phenoxy) is 2. The first kappa shape index (κ1) is 27.0. The fraction of sp³-hybridized carbons (Fsp3) is 0.312. The molecule has 0 bridgehead atoms. The fourth-order valence-corrected chi connectivity index (χ4v) is 4.73. The number of aliphatic hydroxyl groups excluding tert-OH is 1. The molecule has 1 N–H and O–H groups in total. The Kier molecular flexibility index (Phi) is 7.63. The van der Waals surface area contributed by atoms with Crippen molar-refractivity contribution in [2.24, 2.45) is 0 Å². The summed E-state index contributed by atoms with van der Waals surface area (Å²) in [4.78, 5) is 28.4. The zero-order valence-electron chi connectivity index (χ0n) is 22.8. The van der Waals surface area contributed by atoms with Gasteiger partial charge in [0.15, 0.2) is 0 Å². The fourth-order valence-electron chi connectivity index (χ4n) is 4.73. The van der Waals surface area contributed by atoms with Gasteiger partial charge in [-0.05, 0) is 74.2 Å². The standard InChI is InChI=1S/C32H35NO5/c1-7-37-26-17-16-22(19-25(26)32(4,5)6)29(34)27-28(21-12-11-15-24(18-21)38-20(2)3)33(31(36)30(27)35)23-13-9-8-10-14-23/h8-20,28,34H,7H2,1-6H3/b29-27+. The first-order valence-electron chi connectivity index (χ1n) is 12.9. The van der Waals surface area contributed by atoms with Gasteiger partial charge in [-0.3, -0.25) is 14.5 Å². The molecule has 6 heteroatoms. The van der Waals surface area contributed by atoms with E-state index in [1.807, 2.05) is 69.3 Å². The number of hydrogen-bond acceptors (Lipinski definition) is 5. The summed E-state index contributed by atoms with van der Waals surface area (Å²) in [7, 11) is 0. The molecule has 0 saturated carbocycles. The number of aliphatic hydroxyl groups is 1. The van der Waals surface area contributed by atoms with Crippen molar-refractivity contribution >= 4 is 23.1 Å². The lowest BCUT2D eigenvalue weighted by molar-refractivity contribution is -0.132. The zero-order valence-corrected chi connectivity index (χ0v) is 22.8. The molecule has 0 aliphatic carbocycles. The minimum atomic E-state index is -0.835. The highest BCUT2D eigenvalue weighted by atomic mass is 16.5. The summed E-state index contributed by atoms with van der Waals surface area (Å²) in [6.45, 7) is 12.5. The first-order valence-corrected chi connectivity index (χ1v) is 12.9. The predicted molar refractivity (Wildman–Crippen MR) is 150 cm³/mol. The molecule has 38 heavy (non-hydrogen) atoms. The van der Waals surface area contributed by atoms with Crippen LogP contribution in [-0.2, 0) is 15.0 Å². The molecule has 3 aromatic carbocycles. The maximum atomic E-state index is 13.5. The molecule has 1 fully saturated rings. The number of anilines is 1. The van der Waals surface area contributed by atoms with Gasteiger partial charge < -0.3 is 14.6 Å². The third-order valence-electron chi connectivity index (χ3n) is 6.39. The normalized spacial score (nSPS) is 17.2. The minimum absolute atomic E-state index is 0.0320. The zero-order chi connectivity index (χ0) is 27.6. The van der Waals surface area contributed by atoms with Crippen molar-refractivity contribution in [1.29, 1.82) is 0 Å². The van der Waals surface area contributed by atoms with Gasteiger partial charge in [-0.25, -0.2) is 0 Å². The summed E-state index contributed by atoms with van der Waals surface area (Å²) in [6.07, 6.45) is -0.0505. The van der Waals surface area contributed by atoms with Crippen molar-refractivity contribution in [2.45, 2.75) is 59.1 Å². The molecule has 1 saturated heterocycles. The van der Waals surface area contributed by atoms with Crippen molar-refractivity contribution in [1.82, 2.24) is 0 Å². The van der Waals surface area contributed by atoms with Crippen LogP contribution in [0.15, 0.2) is 78.4 Å². The lowest BCUT2D eigenvalue weighted by atomic mass is 9.84. The van der Waals surface area contributed by atoms with Gasteiger partial charge in [0.2, 0.25) is 0 Å². The van der Waals surface area contributed by atoms with E-state index in [9.17, 15) is 14.7 Å². The van der Waals surface area contributed by atoms with E-state index < -0.39 is 17.7 Å². The number of carbonyl (C=O) groups is 2. The lowest BCUT2D eigenvalue weighted by Crippen LogP contribution is -2.29. The average Bonchev–Trinajstić information content (AvgIpc) is 3.14. The van der Waals surface area contributed by atoms with Gasteiger partial charge in [-0.15, -0.1) is 0 Å². The van der Waals surface area contributed by atoms with Gasteiger partial charge in [-0.2, -0.15) is 0 Å². The Balaban J connectivity index is 1.94. The average molecular weight is 514 g/mol. The van der Waals surface area contributed by atoms with E-state index >= 15 is 0 Å². The van der Waals surface area contributed by atoms with Gasteiger partial charge in [0.05, 0.1) is 24.3 Å². The third-order valence-corrected chi connectivity index (χ3v) is 6.39. The Morgan fingerprint density at radius 3 is 2.32 bits per heavy atom. The van der Waals surface area contributed by atoms with E-state index in [2.05, 4.69) is 20.8 Å². The largest absolute Gasteiger partial charge is 0.507 e. The summed E-state index contributed by atoms with van der Waals surface area (Å²) in [6, 6.07) is 20.9. The second kappa shape index (κ2) is 10.7. The number of Topliss-reactive ketones (excluding diaryl/α,β-unsaturated/α-hetero) is 1. The van der Waals surface area contributed by atoms with Gasteiger partial charge >= 0.3 is 0 Å². The molecule has 1 atom stereocenters. The highest BCUT2D eigenvalue weighted by molar-refractivity contribution is 6.51. The molecule has 0 radical (unpaired) electrons. The van der Waals surface area contributed by atoms with Crippen molar-refractivity contribution in [3.05, 3.63) is 95.1 Å². The minimum Gasteiger partial charge on any atom is -0.507 e. The molecular weight excluding hydrogens is 478 g/mol. The predicted octanol–water partition coefficient (Wildman–Crippen LogP) is 6.80. The van der Waals surface area contributed by atoms with E-state index in [4.69, 9.17) is 9.47 Å². The van der Waals surface area contributed by atoms with Crippen molar-refractivity contribution in [3.63, 3.8) is 0 Å².